The maximum absolute atomic E-state index is 14.6. The van der Waals surface area contributed by atoms with Gasteiger partial charge in [-0.15, -0.1) is 0 Å². The Bertz CT molecular complexity index is 1820. The van der Waals surface area contributed by atoms with Crippen LogP contribution >= 0.6 is 0 Å². The van der Waals surface area contributed by atoms with E-state index in [0.717, 1.165) is 11.3 Å². The molecule has 5 heterocycles. The van der Waals surface area contributed by atoms with Gasteiger partial charge in [0.05, 0.1) is 35.9 Å². The molecule has 2 aromatic rings. The van der Waals surface area contributed by atoms with E-state index in [9.17, 15) is 24.3 Å². The van der Waals surface area contributed by atoms with E-state index in [-0.39, 0.29) is 24.3 Å². The average Bonchev–Trinajstić information content (AvgIpc) is 3.47. The maximum atomic E-state index is 14.6. The third-order valence-corrected chi connectivity index (χ3v) is 13.2. The monoisotopic (exact) mass is 810 g/mol. The molecule has 3 aliphatic heterocycles. The summed E-state index contributed by atoms with van der Waals surface area (Å²) in [6.07, 6.45) is 2.47. The number of esters is 1. The molecule has 14 atom stereocenters. The molecular formula is C42H62N6O10. The van der Waals surface area contributed by atoms with Crippen LogP contribution in [-0.4, -0.2) is 135 Å². The van der Waals surface area contributed by atoms with Crippen molar-refractivity contribution < 1.29 is 48.0 Å². The van der Waals surface area contributed by atoms with E-state index in [1.165, 1.54) is 14.0 Å². The highest BCUT2D eigenvalue weighted by molar-refractivity contribution is 6.00. The van der Waals surface area contributed by atoms with Gasteiger partial charge < -0.3 is 48.9 Å². The number of ether oxygens (including phenoxy) is 5. The first-order valence-corrected chi connectivity index (χ1v) is 20.6. The number of hydrogen-bond acceptors (Lipinski definition) is 14. The summed E-state index contributed by atoms with van der Waals surface area (Å²) in [4.78, 5) is 68.7. The number of imidazole rings is 1. The molecule has 1 amide bonds. The first-order chi connectivity index (χ1) is 27.3. The highest BCUT2D eigenvalue weighted by atomic mass is 16.7. The van der Waals surface area contributed by atoms with E-state index in [2.05, 4.69) is 9.97 Å². The van der Waals surface area contributed by atoms with Crippen LogP contribution < -0.4 is 5.73 Å². The third kappa shape index (κ3) is 8.14. The fourth-order valence-corrected chi connectivity index (χ4v) is 9.69. The molecule has 58 heavy (non-hydrogen) atoms. The number of nitrogens with two attached hydrogens (primary N) is 1. The van der Waals surface area contributed by atoms with Gasteiger partial charge in [-0.05, 0) is 72.7 Å². The second-order valence-electron chi connectivity index (χ2n) is 17.5. The van der Waals surface area contributed by atoms with Crippen LogP contribution in [0.5, 0.6) is 0 Å². The van der Waals surface area contributed by atoms with Crippen LogP contribution in [0, 0.1) is 29.6 Å². The van der Waals surface area contributed by atoms with Crippen molar-refractivity contribution in [1.29, 1.82) is 0 Å². The number of nitrogen functional groups attached to an aromatic ring is 1. The lowest BCUT2D eigenvalue weighted by Gasteiger charge is -2.46. The van der Waals surface area contributed by atoms with Crippen molar-refractivity contribution in [3.8, 4) is 11.3 Å². The van der Waals surface area contributed by atoms with Gasteiger partial charge in [-0.25, -0.2) is 14.8 Å². The van der Waals surface area contributed by atoms with Crippen molar-refractivity contribution in [2.24, 2.45) is 29.6 Å². The maximum Gasteiger partial charge on any atom is 0.410 e. The van der Waals surface area contributed by atoms with E-state index in [4.69, 9.17) is 29.4 Å². The molecular weight excluding hydrogens is 748 g/mol. The number of aryl methyl sites for hydroxylation is 1. The number of carbonyl (C=O) groups is 4. The van der Waals surface area contributed by atoms with E-state index in [0.29, 0.717) is 38.2 Å². The fraction of sp³-hybridized carbons (Fsp3) is 0.714. The van der Waals surface area contributed by atoms with Crippen LogP contribution in [0.25, 0.3) is 11.3 Å². The first kappa shape index (κ1) is 43.6. The minimum Gasteiger partial charge on any atom is -0.457 e. The van der Waals surface area contributed by atoms with E-state index < -0.39 is 89.3 Å². The number of methoxy groups -OCH3 is 1. The van der Waals surface area contributed by atoms with Gasteiger partial charge in [-0.1, -0.05) is 27.7 Å². The second kappa shape index (κ2) is 17.0. The normalized spacial score (nSPS) is 38.5. The standard InChI is InChI=1S/C42H62N6O10/c1-22-18-41(7,54-10)36(57-39-34(51)30(46(8)9)17-23(2)55-39)25(4)33(50)26(5)38(52)56-37-27(6)42(37)35(24(3)32(22)49)48(40(53)58-42)16-12-11-15-47-20-29(45-21-47)28-13-14-31(43)44-19-28/h13-14,19-27,30,34-37,39,51H,11-12,15-18H2,1-10H3,(H2,43,44)/t22-,23-,24+,25+,26-,27?,30+,34-,35-,36-,37-,39?,41+,42+/m1/s1. The van der Waals surface area contributed by atoms with Crippen molar-refractivity contribution in [1.82, 2.24) is 24.3 Å². The Kier molecular flexibility index (Phi) is 12.8. The lowest BCUT2D eigenvalue weighted by atomic mass is 9.75. The van der Waals surface area contributed by atoms with E-state index in [1.807, 2.05) is 56.6 Å². The number of likely N-dealkylation sites (N-methyl/N-ethyl adjacent to an activating group) is 1. The summed E-state index contributed by atoms with van der Waals surface area (Å²) in [6.45, 7) is 13.2. The lowest BCUT2D eigenvalue weighted by molar-refractivity contribution is -0.295. The van der Waals surface area contributed by atoms with Gasteiger partial charge in [0.15, 0.2) is 23.8 Å². The molecule has 2 aromatic heterocycles. The molecule has 3 saturated heterocycles. The number of aliphatic hydroxyl groups excluding tert-OH is 1. The average molecular weight is 811 g/mol. The Hall–Kier alpha value is -3.96. The molecule has 0 aromatic carbocycles. The van der Waals surface area contributed by atoms with Crippen LogP contribution in [0.4, 0.5) is 10.6 Å². The number of rotatable bonds is 10. The van der Waals surface area contributed by atoms with Gasteiger partial charge in [0.25, 0.3) is 0 Å². The predicted octanol–water partition coefficient (Wildman–Crippen LogP) is 3.73. The van der Waals surface area contributed by atoms with Crippen LogP contribution in [0.2, 0.25) is 0 Å². The summed E-state index contributed by atoms with van der Waals surface area (Å²) in [5.74, 6) is -4.84. The van der Waals surface area contributed by atoms with E-state index >= 15 is 0 Å². The molecule has 0 bridgehead atoms. The van der Waals surface area contributed by atoms with Crippen molar-refractivity contribution >= 4 is 29.4 Å². The molecule has 16 nitrogen and oxygen atoms in total. The number of amides is 1. The van der Waals surface area contributed by atoms with Crippen LogP contribution in [0.1, 0.15) is 74.1 Å². The minimum atomic E-state index is -1.26. The molecule has 4 fully saturated rings. The molecule has 3 N–H and O–H groups in total. The Morgan fingerprint density at radius 1 is 1.00 bits per heavy atom. The Morgan fingerprint density at radius 3 is 2.36 bits per heavy atom. The number of nitrogens with zero attached hydrogens (tertiary/aromatic N) is 5. The zero-order valence-electron chi connectivity index (χ0n) is 35.5. The largest absolute Gasteiger partial charge is 0.457 e. The van der Waals surface area contributed by atoms with Crippen LogP contribution in [0.15, 0.2) is 30.9 Å². The summed E-state index contributed by atoms with van der Waals surface area (Å²) in [7, 11) is 5.24. The lowest BCUT2D eigenvalue weighted by Crippen LogP contribution is -2.59. The van der Waals surface area contributed by atoms with Crippen molar-refractivity contribution in [3.05, 3.63) is 30.9 Å². The summed E-state index contributed by atoms with van der Waals surface area (Å²) in [5, 5.41) is 11.4. The highest BCUT2D eigenvalue weighted by Gasteiger charge is 2.78. The predicted molar refractivity (Wildman–Crippen MR) is 212 cm³/mol. The fourth-order valence-electron chi connectivity index (χ4n) is 9.69. The topological polar surface area (TPSA) is 198 Å². The van der Waals surface area contributed by atoms with Gasteiger partial charge in [0, 0.05) is 67.9 Å². The van der Waals surface area contributed by atoms with Crippen molar-refractivity contribution in [3.63, 3.8) is 0 Å². The summed E-state index contributed by atoms with van der Waals surface area (Å²) >= 11 is 0. The number of anilines is 1. The van der Waals surface area contributed by atoms with Gasteiger partial charge >= 0.3 is 12.1 Å². The smallest absolute Gasteiger partial charge is 0.410 e. The number of Topliss-reactive ketones (excluding diaryl/α,β-unsaturated/α-hetero) is 2. The molecule has 1 spiro atoms. The van der Waals surface area contributed by atoms with Crippen molar-refractivity contribution in [2.75, 3.05) is 33.5 Å². The highest BCUT2D eigenvalue weighted by Crippen LogP contribution is 2.59. The molecule has 1 saturated carbocycles. The summed E-state index contributed by atoms with van der Waals surface area (Å²) in [5.41, 5.74) is 4.83. The molecule has 320 valence electrons. The molecule has 1 aliphatic carbocycles. The quantitative estimate of drug-likeness (QED) is 0.200. The number of hydrogen-bond donors (Lipinski definition) is 2. The molecule has 4 aliphatic rings. The number of carbonyl (C=O) groups excluding carboxylic acids is 4. The number of aliphatic hydroxyl groups is 1. The van der Waals surface area contributed by atoms with Gasteiger partial charge in [0.2, 0.25) is 0 Å². The Morgan fingerprint density at radius 2 is 1.71 bits per heavy atom. The molecule has 0 radical (unpaired) electrons. The SMILES string of the molecule is CO[C@@]1(C)C[C@@H](C)C(=O)[C@H](C)[C@H]2N(CCCCn3cnc(-c4ccc(N)nc4)c3)C(=O)O[C@@]23C(C)[C@H]3OC(=O)[C@H](C)C(=O)[C@H](C)[C@H]1OC1O[C@H](C)C[C@H](N(C)C)[C@H]1O. The number of unbranched alkanes of at least 4 members (excludes halogenated alkanes) is 1. The summed E-state index contributed by atoms with van der Waals surface area (Å²) in [6, 6.07) is 2.58. The third-order valence-electron chi connectivity index (χ3n) is 13.2. The number of aromatic nitrogens is 3. The first-order valence-electron chi connectivity index (χ1n) is 20.6. The zero-order valence-corrected chi connectivity index (χ0v) is 35.5. The van der Waals surface area contributed by atoms with Gasteiger partial charge in [-0.3, -0.25) is 14.4 Å². The molecule has 6 rings (SSSR count). The Balaban J connectivity index is 1.24. The number of ketones is 2. The van der Waals surface area contributed by atoms with Crippen LogP contribution in [0.3, 0.4) is 0 Å². The zero-order chi connectivity index (χ0) is 42.4. The van der Waals surface area contributed by atoms with Gasteiger partial charge in [0.1, 0.15) is 23.6 Å². The molecule has 2 unspecified atom stereocenters. The van der Waals surface area contributed by atoms with Crippen molar-refractivity contribution in [2.45, 2.75) is 135 Å². The van der Waals surface area contributed by atoms with E-state index in [1.54, 1.807) is 44.3 Å². The minimum absolute atomic E-state index is 0.135. The second-order valence-corrected chi connectivity index (χ2v) is 17.5. The molecule has 16 heteroatoms. The Labute approximate surface area is 341 Å². The van der Waals surface area contributed by atoms with Gasteiger partial charge in [-0.2, -0.15) is 0 Å². The number of pyridine rings is 1. The summed E-state index contributed by atoms with van der Waals surface area (Å²) < 4.78 is 33.1. The van der Waals surface area contributed by atoms with Crippen LogP contribution in [-0.2, 0) is 44.6 Å².